The summed E-state index contributed by atoms with van der Waals surface area (Å²) >= 11 is 1.72. The minimum Gasteiger partial charge on any atom is -0.496 e. The van der Waals surface area contributed by atoms with Gasteiger partial charge in [0.2, 0.25) is 0 Å². The largest absolute Gasteiger partial charge is 0.496 e. The van der Waals surface area contributed by atoms with Crippen LogP contribution in [0.2, 0.25) is 0 Å². The van der Waals surface area contributed by atoms with Crippen molar-refractivity contribution in [2.24, 2.45) is 0 Å². The van der Waals surface area contributed by atoms with Crippen LogP contribution in [0.4, 0.5) is 0 Å². The number of nitrogens with zero attached hydrogens (tertiary/aromatic N) is 3. The average molecular weight is 402 g/mol. The lowest BCUT2D eigenvalue weighted by Crippen LogP contribution is -2.03. The number of ether oxygens (including phenoxy) is 1. The van der Waals surface area contributed by atoms with Gasteiger partial charge < -0.3 is 9.30 Å². The van der Waals surface area contributed by atoms with E-state index >= 15 is 0 Å². The fourth-order valence-electron chi connectivity index (χ4n) is 3.38. The molecule has 4 aromatic rings. The Morgan fingerprint density at radius 2 is 1.41 bits per heavy atom. The van der Waals surface area contributed by atoms with E-state index in [1.165, 1.54) is 11.1 Å². The van der Waals surface area contributed by atoms with Gasteiger partial charge in [-0.05, 0) is 30.2 Å². The molecule has 0 aliphatic rings. The number of rotatable bonds is 7. The normalized spacial score (nSPS) is 11.0. The lowest BCUT2D eigenvalue weighted by molar-refractivity contribution is 0.416. The molecular formula is C24H23N3OS. The highest BCUT2D eigenvalue weighted by molar-refractivity contribution is 7.99. The Bertz CT molecular complexity index is 1020. The molecule has 0 radical (unpaired) electrons. The summed E-state index contributed by atoms with van der Waals surface area (Å²) in [6, 6.07) is 29.0. The lowest BCUT2D eigenvalue weighted by atomic mass is 10.0. The summed E-state index contributed by atoms with van der Waals surface area (Å²) in [7, 11) is 1.68. The smallest absolute Gasteiger partial charge is 0.192 e. The van der Waals surface area contributed by atoms with Gasteiger partial charge in [0.05, 0.1) is 17.9 Å². The highest BCUT2D eigenvalue weighted by atomic mass is 32.2. The van der Waals surface area contributed by atoms with E-state index in [1.807, 2.05) is 36.4 Å². The second kappa shape index (κ2) is 8.97. The van der Waals surface area contributed by atoms with E-state index in [-0.39, 0.29) is 5.25 Å². The number of hydrogen-bond acceptors (Lipinski definition) is 4. The third-order valence-corrected chi connectivity index (χ3v) is 6.10. The number of benzene rings is 3. The molecule has 4 rings (SSSR count). The number of hydrogen-bond donors (Lipinski definition) is 0. The molecule has 1 heterocycles. The standard InChI is InChI=1S/C24H23N3OS/c1-3-27-23(20-16-10-11-17-21(20)28-2)25-26-24(27)29-22(18-12-6-4-7-13-18)19-14-8-5-9-15-19/h4-17,22H,3H2,1-2H3. The fourth-order valence-corrected chi connectivity index (χ4v) is 4.61. The van der Waals surface area contributed by atoms with Crippen molar-refractivity contribution < 1.29 is 4.74 Å². The van der Waals surface area contributed by atoms with Crippen molar-refractivity contribution in [2.45, 2.75) is 23.9 Å². The molecule has 0 saturated carbocycles. The first-order chi connectivity index (χ1) is 14.3. The molecule has 0 saturated heterocycles. The van der Waals surface area contributed by atoms with Crippen molar-refractivity contribution in [1.82, 2.24) is 14.8 Å². The maximum absolute atomic E-state index is 5.54. The molecule has 0 spiro atoms. The van der Waals surface area contributed by atoms with Crippen molar-refractivity contribution in [3.63, 3.8) is 0 Å². The zero-order chi connectivity index (χ0) is 20.1. The Hall–Kier alpha value is -3.05. The summed E-state index contributed by atoms with van der Waals surface area (Å²) in [5.41, 5.74) is 3.44. The van der Waals surface area contributed by atoms with Gasteiger partial charge in [0.1, 0.15) is 5.75 Å². The molecule has 0 aliphatic heterocycles. The molecule has 0 unspecified atom stereocenters. The predicted molar refractivity (Wildman–Crippen MR) is 118 cm³/mol. The first-order valence-corrected chi connectivity index (χ1v) is 10.5. The average Bonchev–Trinajstić information content (AvgIpc) is 3.21. The molecule has 146 valence electrons. The minimum absolute atomic E-state index is 0.136. The van der Waals surface area contributed by atoms with E-state index in [4.69, 9.17) is 4.74 Å². The quantitative estimate of drug-likeness (QED) is 0.364. The van der Waals surface area contributed by atoms with E-state index < -0.39 is 0 Å². The maximum atomic E-state index is 5.54. The minimum atomic E-state index is 0.136. The Labute approximate surface area is 175 Å². The maximum Gasteiger partial charge on any atom is 0.192 e. The van der Waals surface area contributed by atoms with Gasteiger partial charge in [0.15, 0.2) is 11.0 Å². The Kier molecular flexibility index (Phi) is 5.96. The van der Waals surface area contributed by atoms with Crippen molar-refractivity contribution in [3.8, 4) is 17.1 Å². The van der Waals surface area contributed by atoms with Crippen LogP contribution in [0.1, 0.15) is 23.3 Å². The topological polar surface area (TPSA) is 39.9 Å². The van der Waals surface area contributed by atoms with E-state index in [9.17, 15) is 0 Å². The van der Waals surface area contributed by atoms with Crippen LogP contribution in [0.25, 0.3) is 11.4 Å². The summed E-state index contributed by atoms with van der Waals surface area (Å²) in [6.07, 6.45) is 0. The van der Waals surface area contributed by atoms with E-state index in [0.717, 1.165) is 28.8 Å². The van der Waals surface area contributed by atoms with E-state index in [2.05, 4.69) is 70.2 Å². The number of aromatic nitrogens is 3. The van der Waals surface area contributed by atoms with Crippen LogP contribution in [0, 0.1) is 0 Å². The van der Waals surface area contributed by atoms with E-state index in [0.29, 0.717) is 0 Å². The van der Waals surface area contributed by atoms with Crippen LogP contribution in [-0.4, -0.2) is 21.9 Å². The Morgan fingerprint density at radius 1 is 0.828 bits per heavy atom. The first kappa shape index (κ1) is 19.3. The summed E-state index contributed by atoms with van der Waals surface area (Å²) in [6.45, 7) is 2.89. The molecule has 0 N–H and O–H groups in total. The van der Waals surface area contributed by atoms with Crippen molar-refractivity contribution in [3.05, 3.63) is 96.1 Å². The van der Waals surface area contributed by atoms with Crippen LogP contribution in [-0.2, 0) is 6.54 Å². The number of methoxy groups -OCH3 is 1. The molecule has 0 fully saturated rings. The summed E-state index contributed by atoms with van der Waals surface area (Å²) in [5.74, 6) is 1.63. The predicted octanol–water partition coefficient (Wildman–Crippen LogP) is 5.86. The molecule has 5 heteroatoms. The summed E-state index contributed by atoms with van der Waals surface area (Å²) in [5, 5.41) is 10.1. The molecule has 0 aliphatic carbocycles. The third-order valence-electron chi connectivity index (χ3n) is 4.81. The van der Waals surface area contributed by atoms with Gasteiger partial charge in [0, 0.05) is 6.54 Å². The molecule has 4 nitrogen and oxygen atoms in total. The molecule has 0 bridgehead atoms. The lowest BCUT2D eigenvalue weighted by Gasteiger charge is -2.18. The van der Waals surface area contributed by atoms with Crippen molar-refractivity contribution in [1.29, 1.82) is 0 Å². The molecule has 0 atom stereocenters. The fraction of sp³-hybridized carbons (Fsp3) is 0.167. The van der Waals surface area contributed by atoms with Crippen molar-refractivity contribution >= 4 is 11.8 Å². The zero-order valence-electron chi connectivity index (χ0n) is 16.5. The second-order valence-corrected chi connectivity index (χ2v) is 7.64. The SMILES string of the molecule is CCn1c(SC(c2ccccc2)c2ccccc2)nnc1-c1ccccc1OC. The van der Waals surface area contributed by atoms with Crippen LogP contribution in [0.15, 0.2) is 90.1 Å². The van der Waals surface area contributed by atoms with Gasteiger partial charge in [-0.15, -0.1) is 10.2 Å². The van der Waals surface area contributed by atoms with Gasteiger partial charge in [-0.1, -0.05) is 84.6 Å². The molecule has 29 heavy (non-hydrogen) atoms. The monoisotopic (exact) mass is 401 g/mol. The van der Waals surface area contributed by atoms with Gasteiger partial charge in [-0.2, -0.15) is 0 Å². The second-order valence-electron chi connectivity index (χ2n) is 6.57. The van der Waals surface area contributed by atoms with Gasteiger partial charge in [-0.25, -0.2) is 0 Å². The molecular weight excluding hydrogens is 378 g/mol. The van der Waals surface area contributed by atoms with Crippen LogP contribution in [0.5, 0.6) is 5.75 Å². The van der Waals surface area contributed by atoms with Crippen LogP contribution in [0.3, 0.4) is 0 Å². The molecule has 0 amide bonds. The first-order valence-electron chi connectivity index (χ1n) is 9.65. The summed E-state index contributed by atoms with van der Waals surface area (Å²) < 4.78 is 7.69. The molecule has 3 aromatic carbocycles. The summed E-state index contributed by atoms with van der Waals surface area (Å²) in [4.78, 5) is 0. The highest BCUT2D eigenvalue weighted by Crippen LogP contribution is 2.41. The van der Waals surface area contributed by atoms with Crippen LogP contribution < -0.4 is 4.74 Å². The van der Waals surface area contributed by atoms with Crippen LogP contribution >= 0.6 is 11.8 Å². The Balaban J connectivity index is 1.75. The zero-order valence-corrected chi connectivity index (χ0v) is 17.3. The number of thioether (sulfide) groups is 1. The van der Waals surface area contributed by atoms with Gasteiger partial charge >= 0.3 is 0 Å². The van der Waals surface area contributed by atoms with E-state index in [1.54, 1.807) is 18.9 Å². The van der Waals surface area contributed by atoms with Crippen molar-refractivity contribution in [2.75, 3.05) is 7.11 Å². The Morgan fingerprint density at radius 3 is 2.00 bits per heavy atom. The number of para-hydroxylation sites is 1. The third kappa shape index (κ3) is 4.05. The van der Waals surface area contributed by atoms with Gasteiger partial charge in [-0.3, -0.25) is 0 Å². The molecule has 1 aromatic heterocycles. The van der Waals surface area contributed by atoms with Gasteiger partial charge in [0.25, 0.3) is 0 Å². The highest BCUT2D eigenvalue weighted by Gasteiger charge is 2.22.